The van der Waals surface area contributed by atoms with E-state index in [1.165, 1.54) is 0 Å². The maximum Gasteiger partial charge on any atom is 0.258 e. The van der Waals surface area contributed by atoms with E-state index in [1.807, 2.05) is 53.1 Å². The molecule has 8 heteroatoms. The molecule has 1 fully saturated rings. The Labute approximate surface area is 246 Å². The Balaban J connectivity index is 1.28. The van der Waals surface area contributed by atoms with Gasteiger partial charge in [-0.15, -0.1) is 0 Å². The van der Waals surface area contributed by atoms with Crippen LogP contribution in [0.4, 0.5) is 11.4 Å². The van der Waals surface area contributed by atoms with Crippen LogP contribution in [0.25, 0.3) is 0 Å². The Morgan fingerprint density at radius 3 is 2.32 bits per heavy atom. The fourth-order valence-corrected chi connectivity index (χ4v) is 6.02. The van der Waals surface area contributed by atoms with Gasteiger partial charge in [0.05, 0.1) is 12.6 Å². The number of carbonyl (C=O) groups excluding carboxylic acids is 3. The average Bonchev–Trinajstić information content (AvgIpc) is 3.52. The summed E-state index contributed by atoms with van der Waals surface area (Å²) < 4.78 is 5.85. The number of amides is 3. The van der Waals surface area contributed by atoms with Crippen molar-refractivity contribution in [1.29, 1.82) is 0 Å². The van der Waals surface area contributed by atoms with Crippen LogP contribution in [0.3, 0.4) is 0 Å². The molecule has 0 spiro atoms. The SMILES string of the molecule is CC(=O)N(c1ccc(Cl)cc1)[C@@H]1C[C@H](C)N(C(=O)c2ccc(OCCCC(=O)N3CCCC3)cc2)c2ccccc21. The highest BCUT2D eigenvalue weighted by molar-refractivity contribution is 6.30. The van der Waals surface area contributed by atoms with E-state index in [0.29, 0.717) is 42.2 Å². The summed E-state index contributed by atoms with van der Waals surface area (Å²) in [5, 5.41) is 0.607. The number of anilines is 2. The van der Waals surface area contributed by atoms with Gasteiger partial charge in [-0.25, -0.2) is 0 Å². The second kappa shape index (κ2) is 12.8. The highest BCUT2D eigenvalue weighted by Crippen LogP contribution is 2.43. The second-order valence-corrected chi connectivity index (χ2v) is 11.2. The predicted molar refractivity (Wildman–Crippen MR) is 162 cm³/mol. The van der Waals surface area contributed by atoms with Gasteiger partial charge in [0.1, 0.15) is 5.75 Å². The molecular weight excluding hydrogens is 538 g/mol. The first-order valence-electron chi connectivity index (χ1n) is 14.3. The van der Waals surface area contributed by atoms with Crippen molar-refractivity contribution in [3.8, 4) is 5.75 Å². The van der Waals surface area contributed by atoms with E-state index in [0.717, 1.165) is 42.9 Å². The number of fused-ring (bicyclic) bond motifs is 1. The molecule has 0 unspecified atom stereocenters. The number of halogens is 1. The number of rotatable bonds is 8. The van der Waals surface area contributed by atoms with Gasteiger partial charge in [-0.2, -0.15) is 0 Å². The summed E-state index contributed by atoms with van der Waals surface area (Å²) in [7, 11) is 0. The molecule has 0 saturated carbocycles. The van der Waals surface area contributed by atoms with Crippen molar-refractivity contribution in [3.63, 3.8) is 0 Å². The van der Waals surface area contributed by atoms with Crippen LogP contribution >= 0.6 is 11.6 Å². The molecule has 0 bridgehead atoms. The number of ether oxygens (including phenoxy) is 1. The minimum Gasteiger partial charge on any atom is -0.494 e. The van der Waals surface area contributed by atoms with Gasteiger partial charge < -0.3 is 19.4 Å². The number of carbonyl (C=O) groups is 3. The van der Waals surface area contributed by atoms with Crippen molar-refractivity contribution < 1.29 is 19.1 Å². The van der Waals surface area contributed by atoms with Crippen molar-refractivity contribution in [3.05, 3.63) is 88.9 Å². The first-order valence-corrected chi connectivity index (χ1v) is 14.7. The minimum atomic E-state index is -0.225. The lowest BCUT2D eigenvalue weighted by molar-refractivity contribution is -0.130. The molecule has 3 aromatic rings. The van der Waals surface area contributed by atoms with Crippen molar-refractivity contribution in [2.45, 2.75) is 58.0 Å². The quantitative estimate of drug-likeness (QED) is 0.283. The van der Waals surface area contributed by atoms with Crippen molar-refractivity contribution >= 4 is 40.7 Å². The normalized spacial score (nSPS) is 18.1. The van der Waals surface area contributed by atoms with E-state index in [9.17, 15) is 14.4 Å². The van der Waals surface area contributed by atoms with Gasteiger partial charge in [-0.05, 0) is 92.8 Å². The summed E-state index contributed by atoms with van der Waals surface area (Å²) in [6.45, 7) is 5.77. The lowest BCUT2D eigenvalue weighted by Gasteiger charge is -2.43. The average molecular weight is 574 g/mol. The molecule has 3 amide bonds. The Bertz CT molecular complexity index is 1390. The monoisotopic (exact) mass is 573 g/mol. The molecule has 7 nitrogen and oxygen atoms in total. The van der Waals surface area contributed by atoms with Crippen molar-refractivity contribution in [2.75, 3.05) is 29.5 Å². The smallest absolute Gasteiger partial charge is 0.258 e. The van der Waals surface area contributed by atoms with Gasteiger partial charge in [0, 0.05) is 54.4 Å². The third-order valence-corrected chi connectivity index (χ3v) is 8.15. The number of hydrogen-bond acceptors (Lipinski definition) is 4. The van der Waals surface area contributed by atoms with Gasteiger partial charge in [-0.3, -0.25) is 14.4 Å². The van der Waals surface area contributed by atoms with Gasteiger partial charge >= 0.3 is 0 Å². The van der Waals surface area contributed by atoms with Gasteiger partial charge in [0.2, 0.25) is 11.8 Å². The summed E-state index contributed by atoms with van der Waals surface area (Å²) in [6.07, 6.45) is 3.92. The Morgan fingerprint density at radius 1 is 0.951 bits per heavy atom. The van der Waals surface area contributed by atoms with Crippen LogP contribution in [-0.4, -0.2) is 48.4 Å². The lowest BCUT2D eigenvalue weighted by atomic mass is 9.89. The molecule has 5 rings (SSSR count). The molecule has 2 heterocycles. The third-order valence-electron chi connectivity index (χ3n) is 7.90. The van der Waals surface area contributed by atoms with Gasteiger partial charge in [0.25, 0.3) is 5.91 Å². The van der Waals surface area contributed by atoms with Crippen LogP contribution in [0.5, 0.6) is 5.75 Å². The van der Waals surface area contributed by atoms with E-state index in [2.05, 4.69) is 0 Å². The second-order valence-electron chi connectivity index (χ2n) is 10.8. The number of likely N-dealkylation sites (tertiary alicyclic amines) is 1. The summed E-state index contributed by atoms with van der Waals surface area (Å²) >= 11 is 6.10. The van der Waals surface area contributed by atoms with E-state index >= 15 is 0 Å². The lowest BCUT2D eigenvalue weighted by Crippen LogP contribution is -2.47. The molecule has 1 saturated heterocycles. The topological polar surface area (TPSA) is 70.2 Å². The first-order chi connectivity index (χ1) is 19.8. The highest BCUT2D eigenvalue weighted by Gasteiger charge is 2.38. The number of hydrogen-bond donors (Lipinski definition) is 0. The zero-order chi connectivity index (χ0) is 28.9. The number of benzene rings is 3. The molecule has 41 heavy (non-hydrogen) atoms. The molecule has 2 aliphatic rings. The molecule has 3 aromatic carbocycles. The molecular formula is C33H36ClN3O4. The minimum absolute atomic E-state index is 0.0740. The summed E-state index contributed by atoms with van der Waals surface area (Å²) in [4.78, 5) is 44.5. The molecule has 2 atom stereocenters. The largest absolute Gasteiger partial charge is 0.494 e. The standard InChI is InChI=1S/C33H36ClN3O4/c1-23-22-31(37(24(2)38)27-15-13-26(34)14-16-27)29-8-3-4-9-30(29)36(23)33(40)25-11-17-28(18-12-25)41-21-7-10-32(39)35-19-5-6-20-35/h3-4,8-9,11-18,23,31H,5-7,10,19-22H2,1-2H3/t23-,31+/m0/s1. The fourth-order valence-electron chi connectivity index (χ4n) is 5.89. The Kier molecular flexibility index (Phi) is 8.93. The molecule has 0 N–H and O–H groups in total. The summed E-state index contributed by atoms with van der Waals surface area (Å²) in [6, 6.07) is 21.8. The van der Waals surface area contributed by atoms with Crippen LogP contribution in [0.15, 0.2) is 72.8 Å². The van der Waals surface area contributed by atoms with E-state index in [-0.39, 0.29) is 29.8 Å². The summed E-state index contributed by atoms with van der Waals surface area (Å²) in [5.74, 6) is 0.689. The zero-order valence-electron chi connectivity index (χ0n) is 23.6. The summed E-state index contributed by atoms with van der Waals surface area (Å²) in [5.41, 5.74) is 3.05. The Hall–Kier alpha value is -3.84. The van der Waals surface area contributed by atoms with Gasteiger partial charge in [0.15, 0.2) is 0 Å². The van der Waals surface area contributed by atoms with Gasteiger partial charge in [-0.1, -0.05) is 29.8 Å². The fraction of sp³-hybridized carbons (Fsp3) is 0.364. The Morgan fingerprint density at radius 2 is 1.63 bits per heavy atom. The highest BCUT2D eigenvalue weighted by atomic mass is 35.5. The molecule has 0 aromatic heterocycles. The molecule has 214 valence electrons. The molecule has 0 aliphatic carbocycles. The van der Waals surface area contributed by atoms with E-state index in [1.54, 1.807) is 48.2 Å². The zero-order valence-corrected chi connectivity index (χ0v) is 24.3. The van der Waals surface area contributed by atoms with Crippen LogP contribution < -0.4 is 14.5 Å². The molecule has 2 aliphatic heterocycles. The van der Waals surface area contributed by atoms with Crippen molar-refractivity contribution in [2.24, 2.45) is 0 Å². The van der Waals surface area contributed by atoms with E-state index in [4.69, 9.17) is 16.3 Å². The van der Waals surface area contributed by atoms with Crippen LogP contribution in [0.1, 0.15) is 67.9 Å². The number of para-hydroxylation sites is 1. The van der Waals surface area contributed by atoms with Crippen LogP contribution in [0, 0.1) is 0 Å². The maximum absolute atomic E-state index is 13.8. The first kappa shape index (κ1) is 28.7. The predicted octanol–water partition coefficient (Wildman–Crippen LogP) is 6.65. The van der Waals surface area contributed by atoms with Crippen LogP contribution in [0.2, 0.25) is 5.02 Å². The van der Waals surface area contributed by atoms with Crippen molar-refractivity contribution in [1.82, 2.24) is 4.90 Å². The maximum atomic E-state index is 13.8. The number of nitrogens with zero attached hydrogens (tertiary/aromatic N) is 3. The van der Waals surface area contributed by atoms with Crippen LogP contribution in [-0.2, 0) is 9.59 Å². The van der Waals surface area contributed by atoms with E-state index < -0.39 is 0 Å². The molecule has 0 radical (unpaired) electrons. The third kappa shape index (κ3) is 6.41.